The number of rotatable bonds is 0. The molecule has 0 aromatic rings. The van der Waals surface area contributed by atoms with E-state index in [0.717, 1.165) is 0 Å². The maximum atomic E-state index is 5.48. The van der Waals surface area contributed by atoms with E-state index in [2.05, 4.69) is 22.6 Å². The fraction of sp³-hybridized carbons (Fsp3) is 0.600. The van der Waals surface area contributed by atoms with E-state index in [1.54, 1.807) is 6.21 Å². The summed E-state index contributed by atoms with van der Waals surface area (Å²) in [6, 6.07) is 0. The van der Waals surface area contributed by atoms with E-state index in [1.807, 2.05) is 6.92 Å². The van der Waals surface area contributed by atoms with Crippen LogP contribution in [0.3, 0.4) is 0 Å². The molecular weight excluding hydrogens is 134 g/mol. The molecule has 2 N–H and O–H groups in total. The Morgan fingerprint density at radius 2 is 2.44 bits per heavy atom. The predicted octanol–water partition coefficient (Wildman–Crippen LogP) is 0.278. The van der Waals surface area contributed by atoms with Gasteiger partial charge in [0.25, 0.3) is 0 Å². The highest BCUT2D eigenvalue weighted by molar-refractivity contribution is 7.80. The summed E-state index contributed by atoms with van der Waals surface area (Å²) in [5.41, 5.74) is 5.20. The van der Waals surface area contributed by atoms with Crippen LogP contribution in [-0.4, -0.2) is 17.5 Å². The number of thiol groups is 1. The summed E-state index contributed by atoms with van der Waals surface area (Å²) >= 11 is 4.00. The zero-order valence-corrected chi connectivity index (χ0v) is 6.05. The second-order valence-electron chi connectivity index (χ2n) is 1.99. The Morgan fingerprint density at radius 1 is 1.78 bits per heavy atom. The van der Waals surface area contributed by atoms with Crippen LogP contribution >= 0.6 is 12.6 Å². The van der Waals surface area contributed by atoms with Crippen molar-refractivity contribution in [2.24, 2.45) is 21.6 Å². The van der Waals surface area contributed by atoms with Gasteiger partial charge in [-0.15, -0.1) is 12.6 Å². The lowest BCUT2D eigenvalue weighted by Crippen LogP contribution is -2.26. The van der Waals surface area contributed by atoms with E-state index in [1.165, 1.54) is 0 Å². The summed E-state index contributed by atoms with van der Waals surface area (Å²) in [6.07, 6.45) is 1.76. The highest BCUT2D eigenvalue weighted by Gasteiger charge is 2.09. The van der Waals surface area contributed by atoms with Gasteiger partial charge >= 0.3 is 0 Å². The summed E-state index contributed by atoms with van der Waals surface area (Å²) in [5, 5.41) is 0. The van der Waals surface area contributed by atoms with Crippen LogP contribution in [0.1, 0.15) is 6.92 Å². The molecule has 1 rings (SSSR count). The minimum atomic E-state index is -0.277. The van der Waals surface area contributed by atoms with Gasteiger partial charge in [-0.2, -0.15) is 0 Å². The van der Waals surface area contributed by atoms with Crippen LogP contribution in [0.5, 0.6) is 0 Å². The second kappa shape index (κ2) is 2.39. The fourth-order valence-corrected chi connectivity index (χ4v) is 0.777. The number of nitrogens with zero attached hydrogens (tertiary/aromatic N) is 2. The standard InChI is InChI=1S/C5H9N3S/c1-3-2-7-5(9)8-4(3)6/h2-3,5,9H,1H3,(H2,6,8). The van der Waals surface area contributed by atoms with Crippen molar-refractivity contribution in [3.05, 3.63) is 0 Å². The Hall–Kier alpha value is -0.510. The lowest BCUT2D eigenvalue weighted by molar-refractivity contribution is 0.903. The quantitative estimate of drug-likeness (QED) is 0.470. The van der Waals surface area contributed by atoms with Gasteiger partial charge in [-0.1, -0.05) is 6.92 Å². The van der Waals surface area contributed by atoms with Crippen LogP contribution in [0.25, 0.3) is 0 Å². The molecule has 50 valence electrons. The summed E-state index contributed by atoms with van der Waals surface area (Å²) in [7, 11) is 0. The molecule has 0 amide bonds. The van der Waals surface area contributed by atoms with Crippen LogP contribution in [0, 0.1) is 5.92 Å². The van der Waals surface area contributed by atoms with Gasteiger partial charge in [-0.05, 0) is 0 Å². The zero-order chi connectivity index (χ0) is 6.85. The van der Waals surface area contributed by atoms with Gasteiger partial charge in [0.05, 0.1) is 0 Å². The maximum absolute atomic E-state index is 5.48. The molecule has 0 radical (unpaired) electrons. The first-order valence-electron chi connectivity index (χ1n) is 2.74. The summed E-state index contributed by atoms with van der Waals surface area (Å²) in [4.78, 5) is 7.86. The number of nitrogens with two attached hydrogens (primary N) is 1. The first kappa shape index (κ1) is 6.61. The Morgan fingerprint density at radius 3 is 2.89 bits per heavy atom. The topological polar surface area (TPSA) is 50.7 Å². The van der Waals surface area contributed by atoms with Crippen molar-refractivity contribution in [3.63, 3.8) is 0 Å². The average Bonchev–Trinajstić information content (AvgIpc) is 1.80. The Kier molecular flexibility index (Phi) is 1.75. The fourth-order valence-electron chi connectivity index (χ4n) is 0.567. The largest absolute Gasteiger partial charge is 0.387 e. The molecule has 1 aliphatic heterocycles. The number of aliphatic imine (C=N–C) groups is 2. The minimum absolute atomic E-state index is 0.174. The van der Waals surface area contributed by atoms with E-state index < -0.39 is 0 Å². The Labute approximate surface area is 59.5 Å². The van der Waals surface area contributed by atoms with Crippen LogP contribution in [0.2, 0.25) is 0 Å². The molecule has 9 heavy (non-hydrogen) atoms. The highest BCUT2D eigenvalue weighted by atomic mass is 32.1. The van der Waals surface area contributed by atoms with Crippen molar-refractivity contribution in [1.82, 2.24) is 0 Å². The first-order chi connectivity index (χ1) is 4.20. The molecule has 0 aliphatic carbocycles. The van der Waals surface area contributed by atoms with E-state index in [9.17, 15) is 0 Å². The van der Waals surface area contributed by atoms with Gasteiger partial charge in [-0.25, -0.2) is 4.99 Å². The molecule has 0 fully saturated rings. The van der Waals surface area contributed by atoms with Gasteiger partial charge in [0, 0.05) is 12.1 Å². The number of hydrogen-bond donors (Lipinski definition) is 2. The number of hydrogen-bond acceptors (Lipinski definition) is 4. The van der Waals surface area contributed by atoms with E-state index in [4.69, 9.17) is 5.73 Å². The Balaban J connectivity index is 2.70. The second-order valence-corrected chi connectivity index (χ2v) is 2.45. The lowest BCUT2D eigenvalue weighted by atomic mass is 10.2. The van der Waals surface area contributed by atoms with Crippen molar-refractivity contribution in [2.45, 2.75) is 12.4 Å². The molecule has 2 atom stereocenters. The van der Waals surface area contributed by atoms with Gasteiger partial charge in [0.2, 0.25) is 0 Å². The van der Waals surface area contributed by atoms with Crippen LogP contribution in [0.4, 0.5) is 0 Å². The Bertz CT molecular complexity index is 164. The van der Waals surface area contributed by atoms with E-state index in [-0.39, 0.29) is 11.4 Å². The SMILES string of the molecule is CC1C=NC(S)N=C1N. The average molecular weight is 143 g/mol. The van der Waals surface area contributed by atoms with Crippen molar-refractivity contribution in [3.8, 4) is 0 Å². The molecule has 0 bridgehead atoms. The van der Waals surface area contributed by atoms with Gasteiger partial charge in [0.15, 0.2) is 5.50 Å². The molecule has 3 nitrogen and oxygen atoms in total. The van der Waals surface area contributed by atoms with E-state index >= 15 is 0 Å². The highest BCUT2D eigenvalue weighted by Crippen LogP contribution is 2.06. The van der Waals surface area contributed by atoms with Gasteiger partial charge in [0.1, 0.15) is 5.84 Å². The van der Waals surface area contributed by atoms with Crippen molar-refractivity contribution < 1.29 is 0 Å². The third kappa shape index (κ3) is 1.45. The van der Waals surface area contributed by atoms with Crippen LogP contribution in [-0.2, 0) is 0 Å². The van der Waals surface area contributed by atoms with Crippen LogP contribution < -0.4 is 5.73 Å². The van der Waals surface area contributed by atoms with Crippen molar-refractivity contribution in [1.29, 1.82) is 0 Å². The van der Waals surface area contributed by atoms with Crippen LogP contribution in [0.15, 0.2) is 9.98 Å². The third-order valence-corrected chi connectivity index (χ3v) is 1.42. The lowest BCUT2D eigenvalue weighted by Gasteiger charge is -2.12. The molecule has 0 saturated heterocycles. The molecule has 0 saturated carbocycles. The van der Waals surface area contributed by atoms with Crippen molar-refractivity contribution >= 4 is 24.7 Å². The summed E-state index contributed by atoms with van der Waals surface area (Å²) in [5.74, 6) is 0.790. The minimum Gasteiger partial charge on any atom is -0.387 e. The van der Waals surface area contributed by atoms with Gasteiger partial charge in [-0.3, -0.25) is 4.99 Å². The molecule has 0 aromatic heterocycles. The molecular formula is C5H9N3S. The monoisotopic (exact) mass is 143 g/mol. The molecule has 0 aromatic carbocycles. The molecule has 4 heteroatoms. The predicted molar refractivity (Wildman–Crippen MR) is 42.1 cm³/mol. The van der Waals surface area contributed by atoms with E-state index in [0.29, 0.717) is 5.84 Å². The third-order valence-electron chi connectivity index (χ3n) is 1.17. The summed E-state index contributed by atoms with van der Waals surface area (Å²) in [6.45, 7) is 1.95. The smallest absolute Gasteiger partial charge is 0.185 e. The molecule has 2 unspecified atom stereocenters. The summed E-state index contributed by atoms with van der Waals surface area (Å²) < 4.78 is 0. The first-order valence-corrected chi connectivity index (χ1v) is 3.26. The molecule has 1 heterocycles. The van der Waals surface area contributed by atoms with Gasteiger partial charge < -0.3 is 5.73 Å². The normalized spacial score (nSPS) is 34.2. The molecule has 0 spiro atoms. The zero-order valence-electron chi connectivity index (χ0n) is 5.15. The molecule has 1 aliphatic rings. The maximum Gasteiger partial charge on any atom is 0.185 e. The van der Waals surface area contributed by atoms with Crippen molar-refractivity contribution in [2.75, 3.05) is 0 Å². The number of amidine groups is 1.